The van der Waals surface area contributed by atoms with Gasteiger partial charge >= 0.3 is 5.97 Å². The second-order valence-electron chi connectivity index (χ2n) is 4.75. The molecule has 94 valence electrons. The van der Waals surface area contributed by atoms with E-state index in [9.17, 15) is 4.79 Å². The minimum Gasteiger partial charge on any atom is -0.465 e. The number of fused-ring (bicyclic) bond motifs is 1. The molecular weight excluding hydrogens is 224 g/mol. The molecule has 2 rings (SSSR count). The quantitative estimate of drug-likeness (QED) is 0.766. The predicted octanol–water partition coefficient (Wildman–Crippen LogP) is 3.58. The minimum atomic E-state index is -0.129. The van der Waals surface area contributed by atoms with Crippen LogP contribution in [0.4, 0.5) is 0 Å². The van der Waals surface area contributed by atoms with Crippen molar-refractivity contribution in [2.24, 2.45) is 5.92 Å². The number of esters is 1. The molecule has 0 aliphatic rings. The molecule has 0 amide bonds. The van der Waals surface area contributed by atoms with Crippen LogP contribution in [0.2, 0.25) is 0 Å². The molecule has 18 heavy (non-hydrogen) atoms. The number of carbonyl (C=O) groups is 1. The van der Waals surface area contributed by atoms with Crippen LogP contribution < -0.4 is 0 Å². The Morgan fingerprint density at radius 1 is 1.11 bits per heavy atom. The molecule has 0 saturated carbocycles. The highest BCUT2D eigenvalue weighted by atomic mass is 16.5. The SMILES string of the molecule is CC(C)C(=O)OCCc1ccc2ccccc2c1. The van der Waals surface area contributed by atoms with Crippen molar-refractivity contribution in [1.82, 2.24) is 0 Å². The Hall–Kier alpha value is -1.83. The largest absolute Gasteiger partial charge is 0.465 e. The summed E-state index contributed by atoms with van der Waals surface area (Å²) in [7, 11) is 0. The zero-order chi connectivity index (χ0) is 13.0. The van der Waals surface area contributed by atoms with Gasteiger partial charge in [0.1, 0.15) is 0 Å². The molecule has 0 unspecified atom stereocenters. The average Bonchev–Trinajstić information content (AvgIpc) is 2.38. The maximum Gasteiger partial charge on any atom is 0.308 e. The molecule has 0 aliphatic heterocycles. The maximum atomic E-state index is 11.3. The number of carbonyl (C=O) groups excluding carboxylic acids is 1. The summed E-state index contributed by atoms with van der Waals surface area (Å²) in [6.07, 6.45) is 0.767. The van der Waals surface area contributed by atoms with Crippen molar-refractivity contribution in [3.8, 4) is 0 Å². The van der Waals surface area contributed by atoms with Gasteiger partial charge in [-0.1, -0.05) is 56.3 Å². The van der Waals surface area contributed by atoms with E-state index in [4.69, 9.17) is 4.74 Å². The third kappa shape index (κ3) is 3.10. The van der Waals surface area contributed by atoms with Gasteiger partial charge in [-0.15, -0.1) is 0 Å². The highest BCUT2D eigenvalue weighted by Crippen LogP contribution is 2.16. The molecule has 0 aliphatic carbocycles. The Kier molecular flexibility index (Phi) is 3.98. The average molecular weight is 242 g/mol. The molecule has 0 heterocycles. The summed E-state index contributed by atoms with van der Waals surface area (Å²) in [5.74, 6) is -0.183. The van der Waals surface area contributed by atoms with Gasteiger partial charge in [0.15, 0.2) is 0 Å². The van der Waals surface area contributed by atoms with Crippen molar-refractivity contribution in [3.05, 3.63) is 48.0 Å². The molecule has 0 saturated heterocycles. The van der Waals surface area contributed by atoms with Crippen LogP contribution in [0.5, 0.6) is 0 Å². The van der Waals surface area contributed by atoms with E-state index >= 15 is 0 Å². The van der Waals surface area contributed by atoms with E-state index in [-0.39, 0.29) is 11.9 Å². The van der Waals surface area contributed by atoms with Gasteiger partial charge in [-0.2, -0.15) is 0 Å². The first-order valence-corrected chi connectivity index (χ1v) is 6.31. The summed E-state index contributed by atoms with van der Waals surface area (Å²) in [6, 6.07) is 14.6. The number of hydrogen-bond donors (Lipinski definition) is 0. The fraction of sp³-hybridized carbons (Fsp3) is 0.312. The fourth-order valence-electron chi connectivity index (χ4n) is 1.83. The fourth-order valence-corrected chi connectivity index (χ4v) is 1.83. The van der Waals surface area contributed by atoms with E-state index in [2.05, 4.69) is 30.3 Å². The first-order valence-electron chi connectivity index (χ1n) is 6.31. The number of hydrogen-bond acceptors (Lipinski definition) is 2. The lowest BCUT2D eigenvalue weighted by Crippen LogP contribution is -2.13. The molecule has 0 bridgehead atoms. The van der Waals surface area contributed by atoms with Gasteiger partial charge in [0.05, 0.1) is 12.5 Å². The van der Waals surface area contributed by atoms with Gasteiger partial charge < -0.3 is 4.74 Å². The van der Waals surface area contributed by atoms with Crippen molar-refractivity contribution in [3.63, 3.8) is 0 Å². The van der Waals surface area contributed by atoms with E-state index in [1.807, 2.05) is 26.0 Å². The van der Waals surface area contributed by atoms with Gasteiger partial charge in [0.2, 0.25) is 0 Å². The van der Waals surface area contributed by atoms with Crippen molar-refractivity contribution in [1.29, 1.82) is 0 Å². The van der Waals surface area contributed by atoms with Crippen LogP contribution in [-0.4, -0.2) is 12.6 Å². The summed E-state index contributed by atoms with van der Waals surface area (Å²) >= 11 is 0. The molecule has 0 atom stereocenters. The second kappa shape index (κ2) is 5.67. The van der Waals surface area contributed by atoms with Crippen molar-refractivity contribution < 1.29 is 9.53 Å². The standard InChI is InChI=1S/C16H18O2/c1-12(2)16(17)18-10-9-13-7-8-14-5-3-4-6-15(14)11-13/h3-8,11-12H,9-10H2,1-2H3. The lowest BCUT2D eigenvalue weighted by atomic mass is 10.1. The lowest BCUT2D eigenvalue weighted by Gasteiger charge is -2.07. The normalized spacial score (nSPS) is 10.8. The third-order valence-corrected chi connectivity index (χ3v) is 2.92. The smallest absolute Gasteiger partial charge is 0.308 e. The highest BCUT2D eigenvalue weighted by molar-refractivity contribution is 5.83. The molecule has 2 aromatic carbocycles. The minimum absolute atomic E-state index is 0.0541. The first-order chi connectivity index (χ1) is 8.66. The van der Waals surface area contributed by atoms with Crippen LogP contribution in [0.15, 0.2) is 42.5 Å². The van der Waals surface area contributed by atoms with E-state index in [1.54, 1.807) is 0 Å². The Morgan fingerprint density at radius 3 is 2.56 bits per heavy atom. The van der Waals surface area contributed by atoms with Gasteiger partial charge in [-0.25, -0.2) is 0 Å². The lowest BCUT2D eigenvalue weighted by molar-refractivity contribution is -0.147. The zero-order valence-electron chi connectivity index (χ0n) is 10.8. The summed E-state index contributed by atoms with van der Waals surface area (Å²) in [5, 5.41) is 2.46. The van der Waals surface area contributed by atoms with Crippen molar-refractivity contribution in [2.75, 3.05) is 6.61 Å². The number of rotatable bonds is 4. The summed E-state index contributed by atoms with van der Waals surface area (Å²) in [6.45, 7) is 4.14. The van der Waals surface area contributed by atoms with Crippen LogP contribution in [0, 0.1) is 5.92 Å². The molecule has 2 heteroatoms. The second-order valence-corrected chi connectivity index (χ2v) is 4.75. The molecule has 0 radical (unpaired) electrons. The van der Waals surface area contributed by atoms with E-state index < -0.39 is 0 Å². The van der Waals surface area contributed by atoms with Gasteiger partial charge in [-0.05, 0) is 16.3 Å². The monoisotopic (exact) mass is 242 g/mol. The van der Waals surface area contributed by atoms with E-state index in [0.717, 1.165) is 6.42 Å². The molecule has 0 spiro atoms. The van der Waals surface area contributed by atoms with Crippen LogP contribution in [0.1, 0.15) is 19.4 Å². The topological polar surface area (TPSA) is 26.3 Å². The summed E-state index contributed by atoms with van der Waals surface area (Å²) in [4.78, 5) is 11.3. The van der Waals surface area contributed by atoms with Crippen LogP contribution in [-0.2, 0) is 16.0 Å². The molecule has 2 aromatic rings. The van der Waals surface area contributed by atoms with Crippen LogP contribution in [0.3, 0.4) is 0 Å². The highest BCUT2D eigenvalue weighted by Gasteiger charge is 2.07. The Morgan fingerprint density at radius 2 is 1.83 bits per heavy atom. The molecule has 0 fully saturated rings. The Labute approximate surface area is 108 Å². The van der Waals surface area contributed by atoms with E-state index in [1.165, 1.54) is 16.3 Å². The number of ether oxygens (including phenoxy) is 1. The first kappa shape index (κ1) is 12.6. The van der Waals surface area contributed by atoms with Crippen LogP contribution in [0.25, 0.3) is 10.8 Å². The van der Waals surface area contributed by atoms with Crippen molar-refractivity contribution >= 4 is 16.7 Å². The zero-order valence-corrected chi connectivity index (χ0v) is 10.8. The number of benzene rings is 2. The van der Waals surface area contributed by atoms with Gasteiger partial charge in [0.25, 0.3) is 0 Å². The predicted molar refractivity (Wildman–Crippen MR) is 73.4 cm³/mol. The summed E-state index contributed by atoms with van der Waals surface area (Å²) in [5.41, 5.74) is 1.20. The maximum absolute atomic E-state index is 11.3. The third-order valence-electron chi connectivity index (χ3n) is 2.92. The van der Waals surface area contributed by atoms with Gasteiger partial charge in [-0.3, -0.25) is 4.79 Å². The molecular formula is C16H18O2. The Balaban J connectivity index is 1.98. The molecule has 0 N–H and O–H groups in total. The Bertz CT molecular complexity index is 544. The van der Waals surface area contributed by atoms with Gasteiger partial charge in [0, 0.05) is 6.42 Å². The summed E-state index contributed by atoms with van der Waals surface area (Å²) < 4.78 is 5.18. The molecule has 0 aromatic heterocycles. The molecule has 2 nitrogen and oxygen atoms in total. The van der Waals surface area contributed by atoms with Crippen LogP contribution >= 0.6 is 0 Å². The van der Waals surface area contributed by atoms with Crippen molar-refractivity contribution in [2.45, 2.75) is 20.3 Å². The van der Waals surface area contributed by atoms with E-state index in [0.29, 0.717) is 6.61 Å².